The Morgan fingerprint density at radius 1 is 1.02 bits per heavy atom. The number of carbonyl (C=O) groups is 2. The fourth-order valence-corrected chi connectivity index (χ4v) is 3.42. The lowest BCUT2D eigenvalue weighted by molar-refractivity contribution is -0.193. The Balaban J connectivity index is 0.000000349. The van der Waals surface area contributed by atoms with Crippen LogP contribution in [0.2, 0.25) is 0 Å². The van der Waals surface area contributed by atoms with Crippen LogP contribution in [0.15, 0.2) is 36.8 Å². The van der Waals surface area contributed by atoms with Gasteiger partial charge in [-0.2, -0.15) is 31.4 Å². The van der Waals surface area contributed by atoms with E-state index in [2.05, 4.69) is 49.4 Å². The van der Waals surface area contributed by atoms with Crippen molar-refractivity contribution in [3.05, 3.63) is 36.8 Å². The van der Waals surface area contributed by atoms with Crippen LogP contribution in [0.4, 0.5) is 32.3 Å². The molecule has 1 aliphatic rings. The van der Waals surface area contributed by atoms with Crippen molar-refractivity contribution in [3.63, 3.8) is 0 Å². The molecule has 41 heavy (non-hydrogen) atoms. The predicted octanol–water partition coefficient (Wildman–Crippen LogP) is 3.48. The van der Waals surface area contributed by atoms with Crippen LogP contribution < -0.4 is 10.2 Å². The van der Waals surface area contributed by atoms with Gasteiger partial charge in [-0.05, 0) is 24.1 Å². The summed E-state index contributed by atoms with van der Waals surface area (Å²) in [5.74, 6) is -4.75. The highest BCUT2D eigenvalue weighted by Crippen LogP contribution is 2.32. The Morgan fingerprint density at radius 3 is 2.07 bits per heavy atom. The SMILES string of the molecule is CC(C)N[C@@H]1CCN(c2ncc(-c3ccc(-c4cn[nH]c4)cc3O)nn2)C1.O=C(O)C(F)(F)F.O=C(O)C(F)(F)F. The first-order valence-corrected chi connectivity index (χ1v) is 11.6. The number of aromatic hydroxyl groups is 1. The number of aromatic nitrogens is 5. The summed E-state index contributed by atoms with van der Waals surface area (Å²) in [5, 5.41) is 43.4. The van der Waals surface area contributed by atoms with Crippen LogP contribution in [0, 0.1) is 0 Å². The number of aliphatic carboxylic acids is 2. The maximum atomic E-state index is 10.6. The average molecular weight is 593 g/mol. The number of phenolic OH excluding ortho intramolecular Hbond substituents is 1. The Bertz CT molecular complexity index is 1260. The van der Waals surface area contributed by atoms with Gasteiger partial charge in [-0.3, -0.25) is 5.10 Å². The minimum Gasteiger partial charge on any atom is -0.507 e. The highest BCUT2D eigenvalue weighted by atomic mass is 19.4. The second kappa shape index (κ2) is 13.7. The van der Waals surface area contributed by atoms with Crippen molar-refractivity contribution in [2.24, 2.45) is 0 Å². The summed E-state index contributed by atoms with van der Waals surface area (Å²) < 4.78 is 63.5. The number of carboxylic acids is 2. The van der Waals surface area contributed by atoms with E-state index >= 15 is 0 Å². The van der Waals surface area contributed by atoms with Crippen molar-refractivity contribution in [2.75, 3.05) is 18.0 Å². The molecule has 1 fully saturated rings. The summed E-state index contributed by atoms with van der Waals surface area (Å²) in [6.07, 6.45) is -3.94. The third-order valence-electron chi connectivity index (χ3n) is 5.18. The number of benzene rings is 1. The van der Waals surface area contributed by atoms with E-state index in [1.165, 1.54) is 0 Å². The van der Waals surface area contributed by atoms with Gasteiger partial charge < -0.3 is 25.5 Å². The van der Waals surface area contributed by atoms with Gasteiger partial charge >= 0.3 is 24.3 Å². The fraction of sp³-hybridized carbons (Fsp3) is 0.391. The Hall–Kier alpha value is -4.48. The normalized spacial score (nSPS) is 15.0. The zero-order valence-corrected chi connectivity index (χ0v) is 21.4. The van der Waals surface area contributed by atoms with E-state index in [0.29, 0.717) is 29.3 Å². The number of phenols is 1. The summed E-state index contributed by atoms with van der Waals surface area (Å²) in [5.41, 5.74) is 2.94. The highest BCUT2D eigenvalue weighted by molar-refractivity contribution is 5.74. The number of hydrogen-bond acceptors (Lipinski definition) is 9. The van der Waals surface area contributed by atoms with Crippen molar-refractivity contribution in [2.45, 2.75) is 44.7 Å². The number of carboxylic acid groups (broad SMARTS) is 2. The number of nitrogens with zero attached hydrogens (tertiary/aromatic N) is 5. The van der Waals surface area contributed by atoms with Gasteiger partial charge in [-0.25, -0.2) is 14.6 Å². The van der Waals surface area contributed by atoms with E-state index in [1.807, 2.05) is 12.1 Å². The maximum Gasteiger partial charge on any atom is 0.490 e. The van der Waals surface area contributed by atoms with Gasteiger partial charge in [0, 0.05) is 42.5 Å². The first-order valence-electron chi connectivity index (χ1n) is 11.6. The number of H-pyrrole nitrogens is 1. The quantitative estimate of drug-likeness (QED) is 0.274. The van der Waals surface area contributed by atoms with E-state index in [-0.39, 0.29) is 5.75 Å². The van der Waals surface area contributed by atoms with Crippen LogP contribution in [0.25, 0.3) is 22.4 Å². The minimum atomic E-state index is -5.08. The van der Waals surface area contributed by atoms with Crippen LogP contribution >= 0.6 is 0 Å². The number of alkyl halides is 6. The van der Waals surface area contributed by atoms with Crippen LogP contribution in [-0.4, -0.2) is 90.2 Å². The molecule has 0 unspecified atom stereocenters. The third kappa shape index (κ3) is 10.2. The van der Waals surface area contributed by atoms with Gasteiger partial charge in [0.15, 0.2) is 0 Å². The maximum absolute atomic E-state index is 10.6. The molecule has 0 bridgehead atoms. The number of hydrogen-bond donors (Lipinski definition) is 5. The van der Waals surface area contributed by atoms with Gasteiger partial charge in [-0.15, -0.1) is 10.2 Å². The number of anilines is 1. The zero-order valence-electron chi connectivity index (χ0n) is 21.4. The minimum absolute atomic E-state index is 0.139. The molecule has 1 saturated heterocycles. The van der Waals surface area contributed by atoms with E-state index in [0.717, 1.165) is 30.6 Å². The van der Waals surface area contributed by atoms with E-state index in [1.54, 1.807) is 24.7 Å². The molecular formula is C23H25F6N7O5. The van der Waals surface area contributed by atoms with Crippen LogP contribution in [0.5, 0.6) is 5.75 Å². The molecule has 224 valence electrons. The van der Waals surface area contributed by atoms with E-state index in [9.17, 15) is 31.4 Å². The van der Waals surface area contributed by atoms with Gasteiger partial charge in [0.2, 0.25) is 5.95 Å². The molecule has 0 aliphatic carbocycles. The molecule has 18 heteroatoms. The molecule has 1 atom stereocenters. The lowest BCUT2D eigenvalue weighted by Crippen LogP contribution is -2.37. The first-order chi connectivity index (χ1) is 19.0. The fourth-order valence-electron chi connectivity index (χ4n) is 3.42. The molecular weight excluding hydrogens is 568 g/mol. The topological polar surface area (TPSA) is 177 Å². The van der Waals surface area contributed by atoms with Crippen molar-refractivity contribution >= 4 is 17.9 Å². The Kier molecular flexibility index (Phi) is 11.0. The van der Waals surface area contributed by atoms with Crippen molar-refractivity contribution < 1.29 is 51.3 Å². The first kappa shape index (κ1) is 32.7. The molecule has 3 heterocycles. The van der Waals surface area contributed by atoms with Gasteiger partial charge in [0.1, 0.15) is 11.4 Å². The lowest BCUT2D eigenvalue weighted by Gasteiger charge is -2.18. The highest BCUT2D eigenvalue weighted by Gasteiger charge is 2.38. The molecule has 0 radical (unpaired) electrons. The molecule has 1 aromatic carbocycles. The molecule has 2 aromatic heterocycles. The molecule has 1 aliphatic heterocycles. The molecule has 0 spiro atoms. The zero-order chi connectivity index (χ0) is 31.0. The third-order valence-corrected chi connectivity index (χ3v) is 5.18. The summed E-state index contributed by atoms with van der Waals surface area (Å²) in [6.45, 7) is 6.10. The van der Waals surface area contributed by atoms with Crippen molar-refractivity contribution in [1.29, 1.82) is 0 Å². The largest absolute Gasteiger partial charge is 0.507 e. The van der Waals surface area contributed by atoms with E-state index < -0.39 is 24.3 Å². The molecule has 0 amide bonds. The number of aromatic amines is 1. The summed E-state index contributed by atoms with van der Waals surface area (Å²) in [7, 11) is 0. The summed E-state index contributed by atoms with van der Waals surface area (Å²) in [4.78, 5) is 24.4. The van der Waals surface area contributed by atoms with Gasteiger partial charge in [0.25, 0.3) is 0 Å². The average Bonchev–Trinajstić information content (AvgIpc) is 3.56. The standard InChI is InChI=1S/C19H23N7O.2C2HF3O2/c1-12(2)23-15-5-6-26(11-15)19-20-10-17(24-25-19)16-4-3-13(7-18(16)27)14-8-21-22-9-14;2*3-2(4,5)1(6)7/h3-4,7-10,12,15,23,27H,5-6,11H2,1-2H3,(H,21,22);2*(H,6,7)/t15-;;/m1../s1. The lowest BCUT2D eigenvalue weighted by atomic mass is 10.0. The van der Waals surface area contributed by atoms with Gasteiger partial charge in [-0.1, -0.05) is 19.9 Å². The predicted molar refractivity (Wildman–Crippen MR) is 131 cm³/mol. The monoisotopic (exact) mass is 593 g/mol. The number of nitrogens with one attached hydrogen (secondary N) is 2. The Labute approximate surface area is 228 Å². The second-order valence-corrected chi connectivity index (χ2v) is 8.72. The molecule has 12 nitrogen and oxygen atoms in total. The van der Waals surface area contributed by atoms with Crippen LogP contribution in [0.1, 0.15) is 20.3 Å². The molecule has 3 aromatic rings. The van der Waals surface area contributed by atoms with Crippen molar-refractivity contribution in [3.8, 4) is 28.1 Å². The molecule has 4 rings (SSSR count). The number of halogens is 6. The molecule has 0 saturated carbocycles. The van der Waals surface area contributed by atoms with Gasteiger partial charge in [0.05, 0.1) is 12.4 Å². The smallest absolute Gasteiger partial charge is 0.490 e. The van der Waals surface area contributed by atoms with E-state index in [4.69, 9.17) is 19.8 Å². The summed E-state index contributed by atoms with van der Waals surface area (Å²) in [6, 6.07) is 6.34. The van der Waals surface area contributed by atoms with Crippen LogP contribution in [-0.2, 0) is 9.59 Å². The van der Waals surface area contributed by atoms with Crippen LogP contribution in [0.3, 0.4) is 0 Å². The Morgan fingerprint density at radius 2 is 1.63 bits per heavy atom. The molecule has 5 N–H and O–H groups in total. The van der Waals surface area contributed by atoms with Crippen molar-refractivity contribution in [1.82, 2.24) is 30.7 Å². The number of rotatable bonds is 5. The second-order valence-electron chi connectivity index (χ2n) is 8.72. The summed E-state index contributed by atoms with van der Waals surface area (Å²) >= 11 is 0.